The first kappa shape index (κ1) is 35.1. The summed E-state index contributed by atoms with van der Waals surface area (Å²) in [6.07, 6.45) is -0.692. The molecule has 4 heteroatoms. The monoisotopic (exact) mass is 759 g/mol. The summed E-state index contributed by atoms with van der Waals surface area (Å²) in [5.74, 6) is 1.74. The second-order valence-corrected chi connectivity index (χ2v) is 15.5. The molecule has 59 heavy (non-hydrogen) atoms. The van der Waals surface area contributed by atoms with Crippen molar-refractivity contribution in [2.45, 2.75) is 18.9 Å². The molecular formula is C55H41N3O. The number of fused-ring (bicyclic) bond motifs is 6. The molecule has 11 rings (SSSR count). The molecule has 0 aliphatic carbocycles. The molecule has 2 atom stereocenters. The fraction of sp³-hybridized carbons (Fsp3) is 0.0545. The lowest BCUT2D eigenvalue weighted by atomic mass is 9.89. The highest BCUT2D eigenvalue weighted by Gasteiger charge is 2.23. The lowest BCUT2D eigenvalue weighted by Gasteiger charge is -2.27. The number of benzene rings is 10. The van der Waals surface area contributed by atoms with E-state index in [0.717, 1.165) is 44.5 Å². The molecule has 0 saturated heterocycles. The smallest absolute Gasteiger partial charge is 0.135 e. The zero-order valence-corrected chi connectivity index (χ0v) is 32.4. The van der Waals surface area contributed by atoms with Gasteiger partial charge in [0.05, 0.1) is 12.3 Å². The van der Waals surface area contributed by atoms with Crippen molar-refractivity contribution in [1.82, 2.24) is 10.6 Å². The Balaban J connectivity index is 0.927. The Morgan fingerprint density at radius 3 is 1.95 bits per heavy atom. The van der Waals surface area contributed by atoms with E-state index >= 15 is 0 Å². The Labute approximate surface area is 343 Å². The van der Waals surface area contributed by atoms with Crippen molar-refractivity contribution in [3.8, 4) is 44.9 Å². The molecule has 4 nitrogen and oxygen atoms in total. The van der Waals surface area contributed by atoms with Crippen molar-refractivity contribution in [3.63, 3.8) is 0 Å². The highest BCUT2D eigenvalue weighted by molar-refractivity contribution is 6.20. The van der Waals surface area contributed by atoms with Gasteiger partial charge in [-0.2, -0.15) is 0 Å². The van der Waals surface area contributed by atoms with Gasteiger partial charge in [0, 0.05) is 17.5 Å². The maximum absolute atomic E-state index is 6.99. The molecule has 0 saturated carbocycles. The highest BCUT2D eigenvalue weighted by atomic mass is 16.5. The quantitative estimate of drug-likeness (QED) is 0.0779. The molecule has 2 unspecified atom stereocenters. The van der Waals surface area contributed by atoms with Gasteiger partial charge < -0.3 is 10.5 Å². The second-order valence-electron chi connectivity index (χ2n) is 15.5. The topological polar surface area (TPSA) is 59.3 Å². The number of nitrogens with two attached hydrogens (primary N) is 1. The molecule has 0 fully saturated rings. The van der Waals surface area contributed by atoms with Crippen molar-refractivity contribution >= 4 is 43.1 Å². The van der Waals surface area contributed by atoms with Gasteiger partial charge in [0.15, 0.2) is 0 Å². The number of nitrogens with one attached hydrogen (secondary N) is 2. The Morgan fingerprint density at radius 2 is 1.12 bits per heavy atom. The molecule has 1 aliphatic rings. The largest absolute Gasteiger partial charge is 0.456 e. The van der Waals surface area contributed by atoms with Crippen LogP contribution >= 0.6 is 0 Å². The molecular weight excluding hydrogens is 719 g/mol. The first-order valence-corrected chi connectivity index (χ1v) is 20.3. The molecule has 0 bridgehead atoms. The van der Waals surface area contributed by atoms with Crippen LogP contribution in [0.1, 0.15) is 29.0 Å². The molecule has 1 heterocycles. The Morgan fingerprint density at radius 1 is 0.441 bits per heavy atom. The third kappa shape index (κ3) is 6.41. The van der Waals surface area contributed by atoms with Gasteiger partial charge in [0.2, 0.25) is 0 Å². The van der Waals surface area contributed by atoms with Crippen LogP contribution in [-0.2, 0) is 6.54 Å². The van der Waals surface area contributed by atoms with E-state index in [9.17, 15) is 0 Å². The predicted molar refractivity (Wildman–Crippen MR) is 245 cm³/mol. The molecule has 10 aromatic rings. The predicted octanol–water partition coefficient (Wildman–Crippen LogP) is 13.4. The van der Waals surface area contributed by atoms with Crippen LogP contribution in [0.4, 0.5) is 0 Å². The summed E-state index contributed by atoms with van der Waals surface area (Å²) >= 11 is 0. The maximum atomic E-state index is 6.99. The van der Waals surface area contributed by atoms with Gasteiger partial charge in [-0.25, -0.2) is 0 Å². The van der Waals surface area contributed by atoms with Gasteiger partial charge in [-0.15, -0.1) is 0 Å². The van der Waals surface area contributed by atoms with E-state index in [4.69, 9.17) is 10.5 Å². The number of hydrogen-bond acceptors (Lipinski definition) is 4. The fourth-order valence-corrected chi connectivity index (χ4v) is 8.96. The summed E-state index contributed by atoms with van der Waals surface area (Å²) in [5, 5.41) is 17.5. The van der Waals surface area contributed by atoms with Crippen molar-refractivity contribution in [2.75, 3.05) is 0 Å². The van der Waals surface area contributed by atoms with Gasteiger partial charge in [-0.1, -0.05) is 176 Å². The summed E-state index contributed by atoms with van der Waals surface area (Å²) < 4.78 is 6.47. The van der Waals surface area contributed by atoms with E-state index in [-0.39, 0.29) is 6.17 Å². The molecule has 0 amide bonds. The van der Waals surface area contributed by atoms with E-state index in [1.807, 2.05) is 12.1 Å². The van der Waals surface area contributed by atoms with Crippen LogP contribution in [0.3, 0.4) is 0 Å². The van der Waals surface area contributed by atoms with E-state index in [1.54, 1.807) is 0 Å². The van der Waals surface area contributed by atoms with Crippen molar-refractivity contribution < 1.29 is 4.74 Å². The van der Waals surface area contributed by atoms with Crippen LogP contribution in [0.2, 0.25) is 0 Å². The highest BCUT2D eigenvalue weighted by Crippen LogP contribution is 2.47. The minimum Gasteiger partial charge on any atom is -0.456 e. The average Bonchev–Trinajstić information content (AvgIpc) is 3.30. The standard InChI is InChI=1S/C55H41N3O/c56-54(41-26-24-37(25-27-41)36-10-2-1-3-11-36)58-55(43-29-31-50-49(33-43)46-18-8-14-39-15-9-19-51(59-50)53(39)46)57-34-35-20-22-40(23-21-35)52-45-17-7-5-13-42(45)32-48-44-16-6-4-12-38(44)28-30-47(48)52/h1-33,54-55,57-58H,34,56H2. The van der Waals surface area contributed by atoms with Crippen LogP contribution < -0.4 is 21.1 Å². The SMILES string of the molecule is NC(NC(NCc1ccc(-c2c3ccccc3cc3c2ccc2ccccc23)cc1)c1ccc2c(c1)-c1cccc3cccc(c13)O2)c1ccc(-c2ccccc2)cc1. The molecule has 4 N–H and O–H groups in total. The van der Waals surface area contributed by atoms with E-state index < -0.39 is 6.17 Å². The fourth-order valence-electron chi connectivity index (χ4n) is 8.96. The summed E-state index contributed by atoms with van der Waals surface area (Å²) in [6, 6.07) is 71.4. The Bertz CT molecular complexity index is 3170. The number of hydrogen-bond donors (Lipinski definition) is 3. The van der Waals surface area contributed by atoms with Gasteiger partial charge in [-0.05, 0) is 106 Å². The normalized spacial score (nSPS) is 13.0. The molecule has 10 aromatic carbocycles. The van der Waals surface area contributed by atoms with Gasteiger partial charge in [-0.3, -0.25) is 10.6 Å². The first-order chi connectivity index (χ1) is 29.1. The number of rotatable bonds is 9. The minimum absolute atomic E-state index is 0.268. The number of ether oxygens (including phenoxy) is 1. The van der Waals surface area contributed by atoms with E-state index in [2.05, 4.69) is 199 Å². The zero-order chi connectivity index (χ0) is 39.3. The minimum atomic E-state index is -0.424. The molecule has 0 spiro atoms. The average molecular weight is 760 g/mol. The molecule has 0 radical (unpaired) electrons. The third-order valence-electron chi connectivity index (χ3n) is 12.0. The summed E-state index contributed by atoms with van der Waals surface area (Å²) in [5.41, 5.74) is 17.3. The first-order valence-electron chi connectivity index (χ1n) is 20.3. The van der Waals surface area contributed by atoms with E-state index in [1.165, 1.54) is 60.1 Å². The van der Waals surface area contributed by atoms with Crippen LogP contribution in [0.25, 0.3) is 76.5 Å². The van der Waals surface area contributed by atoms with E-state index in [0.29, 0.717) is 6.54 Å². The van der Waals surface area contributed by atoms with Crippen LogP contribution in [0.5, 0.6) is 11.5 Å². The lowest BCUT2D eigenvalue weighted by molar-refractivity contribution is 0.385. The Hall–Kier alpha value is -7.08. The maximum Gasteiger partial charge on any atom is 0.135 e. The van der Waals surface area contributed by atoms with Crippen molar-refractivity contribution in [1.29, 1.82) is 0 Å². The van der Waals surface area contributed by atoms with Gasteiger partial charge in [0.1, 0.15) is 11.5 Å². The van der Waals surface area contributed by atoms with Crippen LogP contribution in [-0.4, -0.2) is 0 Å². The summed E-state index contributed by atoms with van der Waals surface area (Å²) in [4.78, 5) is 0. The van der Waals surface area contributed by atoms with Gasteiger partial charge >= 0.3 is 0 Å². The van der Waals surface area contributed by atoms with Crippen LogP contribution in [0, 0.1) is 0 Å². The van der Waals surface area contributed by atoms with Crippen molar-refractivity contribution in [3.05, 3.63) is 217 Å². The zero-order valence-electron chi connectivity index (χ0n) is 32.4. The summed E-state index contributed by atoms with van der Waals surface area (Å²) in [6.45, 7) is 0.629. The van der Waals surface area contributed by atoms with Gasteiger partial charge in [0.25, 0.3) is 0 Å². The molecule has 0 aromatic heterocycles. The second kappa shape index (κ2) is 14.7. The third-order valence-corrected chi connectivity index (χ3v) is 12.0. The molecule has 282 valence electrons. The summed E-state index contributed by atoms with van der Waals surface area (Å²) in [7, 11) is 0. The van der Waals surface area contributed by atoms with Crippen molar-refractivity contribution in [2.24, 2.45) is 5.73 Å². The Kier molecular flexibility index (Phi) is 8.75. The van der Waals surface area contributed by atoms with Crippen LogP contribution in [0.15, 0.2) is 200 Å². The molecule has 1 aliphatic heterocycles. The lowest BCUT2D eigenvalue weighted by Crippen LogP contribution is -2.39.